The highest BCUT2D eigenvalue weighted by Crippen LogP contribution is 2.02. The van der Waals surface area contributed by atoms with Gasteiger partial charge in [-0.3, -0.25) is 0 Å². The molecule has 0 rings (SSSR count). The SMILES string of the molecule is CNC(CNCC=O)CC(C)C. The molecule has 1 atom stereocenters. The van der Waals surface area contributed by atoms with Crippen molar-refractivity contribution < 1.29 is 4.79 Å². The van der Waals surface area contributed by atoms with E-state index in [4.69, 9.17) is 0 Å². The molecule has 1 unspecified atom stereocenters. The lowest BCUT2D eigenvalue weighted by Crippen LogP contribution is -2.38. The summed E-state index contributed by atoms with van der Waals surface area (Å²) in [4.78, 5) is 10.0. The van der Waals surface area contributed by atoms with Gasteiger partial charge in [-0.05, 0) is 19.4 Å². The van der Waals surface area contributed by atoms with Gasteiger partial charge in [-0.1, -0.05) is 13.8 Å². The molecule has 0 spiro atoms. The van der Waals surface area contributed by atoms with Crippen molar-refractivity contribution in [3.8, 4) is 0 Å². The van der Waals surface area contributed by atoms with Crippen LogP contribution in [0.1, 0.15) is 20.3 Å². The van der Waals surface area contributed by atoms with Crippen molar-refractivity contribution in [3.63, 3.8) is 0 Å². The zero-order chi connectivity index (χ0) is 9.40. The summed E-state index contributed by atoms with van der Waals surface area (Å²) in [7, 11) is 1.95. The van der Waals surface area contributed by atoms with Crippen LogP contribution in [0, 0.1) is 5.92 Å². The van der Waals surface area contributed by atoms with Crippen LogP contribution in [0.2, 0.25) is 0 Å². The van der Waals surface area contributed by atoms with Gasteiger partial charge >= 0.3 is 0 Å². The number of aldehydes is 1. The summed E-state index contributed by atoms with van der Waals surface area (Å²) in [5, 5.41) is 6.27. The summed E-state index contributed by atoms with van der Waals surface area (Å²) in [6, 6.07) is 0.477. The van der Waals surface area contributed by atoms with E-state index in [-0.39, 0.29) is 0 Å². The summed E-state index contributed by atoms with van der Waals surface area (Å²) in [6.07, 6.45) is 2.03. The molecule has 0 saturated heterocycles. The lowest BCUT2D eigenvalue weighted by Gasteiger charge is -2.17. The van der Waals surface area contributed by atoms with E-state index < -0.39 is 0 Å². The molecular weight excluding hydrogens is 152 g/mol. The quantitative estimate of drug-likeness (QED) is 0.432. The van der Waals surface area contributed by atoms with Crippen LogP contribution in [0.25, 0.3) is 0 Å². The topological polar surface area (TPSA) is 41.1 Å². The molecule has 0 heterocycles. The summed E-state index contributed by atoms with van der Waals surface area (Å²) in [5.41, 5.74) is 0. The van der Waals surface area contributed by atoms with Crippen molar-refractivity contribution in [1.29, 1.82) is 0 Å². The zero-order valence-electron chi connectivity index (χ0n) is 8.26. The molecule has 0 aliphatic rings. The minimum absolute atomic E-state index is 0.455. The van der Waals surface area contributed by atoms with Gasteiger partial charge in [0.05, 0.1) is 6.54 Å². The molecule has 0 saturated carbocycles. The van der Waals surface area contributed by atoms with Gasteiger partial charge in [0, 0.05) is 12.6 Å². The van der Waals surface area contributed by atoms with E-state index in [0.717, 1.165) is 19.3 Å². The van der Waals surface area contributed by atoms with E-state index in [1.54, 1.807) is 0 Å². The van der Waals surface area contributed by atoms with Crippen molar-refractivity contribution in [3.05, 3.63) is 0 Å². The molecule has 0 aromatic carbocycles. The van der Waals surface area contributed by atoms with Crippen LogP contribution in [0.15, 0.2) is 0 Å². The fourth-order valence-corrected chi connectivity index (χ4v) is 1.19. The van der Waals surface area contributed by atoms with Gasteiger partial charge in [-0.15, -0.1) is 0 Å². The maximum absolute atomic E-state index is 10.0. The molecule has 72 valence electrons. The summed E-state index contributed by atoms with van der Waals surface area (Å²) < 4.78 is 0. The fourth-order valence-electron chi connectivity index (χ4n) is 1.19. The van der Waals surface area contributed by atoms with Crippen molar-refractivity contribution in [2.45, 2.75) is 26.3 Å². The van der Waals surface area contributed by atoms with Crippen LogP contribution in [0.3, 0.4) is 0 Å². The van der Waals surface area contributed by atoms with Crippen molar-refractivity contribution in [2.24, 2.45) is 5.92 Å². The van der Waals surface area contributed by atoms with Crippen molar-refractivity contribution in [2.75, 3.05) is 20.1 Å². The highest BCUT2D eigenvalue weighted by Gasteiger charge is 2.06. The maximum atomic E-state index is 10.0. The van der Waals surface area contributed by atoms with Gasteiger partial charge in [0.15, 0.2) is 0 Å². The first kappa shape index (κ1) is 11.6. The van der Waals surface area contributed by atoms with E-state index >= 15 is 0 Å². The third-order valence-electron chi connectivity index (χ3n) is 1.78. The van der Waals surface area contributed by atoms with Crippen molar-refractivity contribution in [1.82, 2.24) is 10.6 Å². The Hall–Kier alpha value is -0.410. The predicted molar refractivity (Wildman–Crippen MR) is 51.2 cm³/mol. The van der Waals surface area contributed by atoms with Gasteiger partial charge in [0.25, 0.3) is 0 Å². The second-order valence-electron chi connectivity index (χ2n) is 3.44. The summed E-state index contributed by atoms with van der Waals surface area (Å²) >= 11 is 0. The molecule has 0 fully saturated rings. The number of hydrogen-bond donors (Lipinski definition) is 2. The predicted octanol–water partition coefficient (Wildman–Crippen LogP) is 0.409. The van der Waals surface area contributed by atoms with Crippen LogP contribution < -0.4 is 10.6 Å². The van der Waals surface area contributed by atoms with Gasteiger partial charge < -0.3 is 15.4 Å². The lowest BCUT2D eigenvalue weighted by atomic mass is 10.0. The molecule has 0 aliphatic carbocycles. The molecule has 0 aromatic heterocycles. The normalized spacial score (nSPS) is 13.3. The van der Waals surface area contributed by atoms with E-state index in [1.165, 1.54) is 0 Å². The van der Waals surface area contributed by atoms with Crippen LogP contribution >= 0.6 is 0 Å². The second-order valence-corrected chi connectivity index (χ2v) is 3.44. The largest absolute Gasteiger partial charge is 0.316 e. The first-order valence-corrected chi connectivity index (χ1v) is 4.52. The average Bonchev–Trinajstić information content (AvgIpc) is 2.02. The molecule has 0 amide bonds. The van der Waals surface area contributed by atoms with Gasteiger partial charge in [-0.25, -0.2) is 0 Å². The number of nitrogens with one attached hydrogen (secondary N) is 2. The second kappa shape index (κ2) is 7.25. The maximum Gasteiger partial charge on any atom is 0.133 e. The van der Waals surface area contributed by atoms with E-state index in [1.807, 2.05) is 7.05 Å². The fraction of sp³-hybridized carbons (Fsp3) is 0.889. The molecule has 2 N–H and O–H groups in total. The van der Waals surface area contributed by atoms with Crippen LogP contribution in [-0.4, -0.2) is 32.5 Å². The minimum Gasteiger partial charge on any atom is -0.316 e. The summed E-state index contributed by atoms with van der Waals surface area (Å²) in [6.45, 7) is 5.72. The van der Waals surface area contributed by atoms with Gasteiger partial charge in [0.1, 0.15) is 6.29 Å². The smallest absolute Gasteiger partial charge is 0.133 e. The highest BCUT2D eigenvalue weighted by atomic mass is 16.1. The molecule has 0 aliphatic heterocycles. The van der Waals surface area contributed by atoms with Crippen LogP contribution in [0.4, 0.5) is 0 Å². The van der Waals surface area contributed by atoms with Crippen molar-refractivity contribution >= 4 is 6.29 Å². The third-order valence-corrected chi connectivity index (χ3v) is 1.78. The first-order chi connectivity index (χ1) is 5.70. The van der Waals surface area contributed by atoms with Gasteiger partial charge in [0.2, 0.25) is 0 Å². The molecule has 0 radical (unpaired) electrons. The highest BCUT2D eigenvalue weighted by molar-refractivity contribution is 5.51. The number of likely N-dealkylation sites (N-methyl/N-ethyl adjacent to an activating group) is 1. The molecule has 0 aromatic rings. The Morgan fingerprint density at radius 1 is 1.42 bits per heavy atom. The molecule has 12 heavy (non-hydrogen) atoms. The Bertz CT molecular complexity index is 115. The minimum atomic E-state index is 0.455. The van der Waals surface area contributed by atoms with E-state index in [0.29, 0.717) is 18.5 Å². The number of hydrogen-bond acceptors (Lipinski definition) is 3. The van der Waals surface area contributed by atoms with Crippen LogP contribution in [0.5, 0.6) is 0 Å². The first-order valence-electron chi connectivity index (χ1n) is 4.52. The summed E-state index contributed by atoms with van der Waals surface area (Å²) in [5.74, 6) is 0.695. The molecule has 3 nitrogen and oxygen atoms in total. The average molecular weight is 172 g/mol. The van der Waals surface area contributed by atoms with E-state index in [9.17, 15) is 4.79 Å². The van der Waals surface area contributed by atoms with Gasteiger partial charge in [-0.2, -0.15) is 0 Å². The molecular formula is C9H20N2O. The molecule has 3 heteroatoms. The number of rotatable bonds is 7. The molecule has 0 bridgehead atoms. The Morgan fingerprint density at radius 2 is 2.08 bits per heavy atom. The van der Waals surface area contributed by atoms with Crippen LogP contribution in [-0.2, 0) is 4.79 Å². The standard InChI is InChI=1S/C9H20N2O/c1-8(2)6-9(10-3)7-11-4-5-12/h5,8-11H,4,6-7H2,1-3H3. The monoisotopic (exact) mass is 172 g/mol. The number of carbonyl (C=O) groups is 1. The Kier molecular flexibility index (Phi) is 7.00. The zero-order valence-corrected chi connectivity index (χ0v) is 8.26. The lowest BCUT2D eigenvalue weighted by molar-refractivity contribution is -0.107. The number of carbonyl (C=O) groups excluding carboxylic acids is 1. The van der Waals surface area contributed by atoms with E-state index in [2.05, 4.69) is 24.5 Å². The Morgan fingerprint density at radius 3 is 2.50 bits per heavy atom. The third kappa shape index (κ3) is 6.31. The Labute approximate surface area is 74.9 Å². The Balaban J connectivity index is 3.45.